The van der Waals surface area contributed by atoms with Gasteiger partial charge >= 0.3 is 0 Å². The van der Waals surface area contributed by atoms with E-state index in [9.17, 15) is 4.39 Å². The molecule has 0 unspecified atom stereocenters. The fourth-order valence-electron chi connectivity index (χ4n) is 2.84. The quantitative estimate of drug-likeness (QED) is 0.588. The van der Waals surface area contributed by atoms with Crippen LogP contribution < -0.4 is 0 Å². The zero-order chi connectivity index (χ0) is 14.4. The van der Waals surface area contributed by atoms with Crippen LogP contribution in [-0.4, -0.2) is 9.97 Å². The molecule has 0 radical (unpaired) electrons. The first-order chi connectivity index (χ1) is 10.2. The Morgan fingerprint density at radius 2 is 1.81 bits per heavy atom. The fourth-order valence-corrected chi connectivity index (χ4v) is 4.44. The Kier molecular flexibility index (Phi) is 3.16. The van der Waals surface area contributed by atoms with E-state index in [0.29, 0.717) is 11.0 Å². The smallest absolute Gasteiger partial charge is 0.162 e. The average Bonchev–Trinajstić information content (AvgIpc) is 2.86. The molecule has 21 heavy (non-hydrogen) atoms. The van der Waals surface area contributed by atoms with Crippen molar-refractivity contribution in [1.82, 2.24) is 9.97 Å². The van der Waals surface area contributed by atoms with Crippen molar-refractivity contribution in [1.29, 1.82) is 0 Å². The second kappa shape index (κ2) is 5.04. The molecule has 106 valence electrons. The molecule has 0 atom stereocenters. The highest BCUT2D eigenvalue weighted by atomic mass is 35.5. The van der Waals surface area contributed by atoms with E-state index in [0.717, 1.165) is 28.6 Å². The van der Waals surface area contributed by atoms with Crippen molar-refractivity contribution in [3.63, 3.8) is 0 Å². The number of hydrogen-bond acceptors (Lipinski definition) is 3. The van der Waals surface area contributed by atoms with Gasteiger partial charge in [0.2, 0.25) is 0 Å². The number of nitrogens with zero attached hydrogens (tertiary/aromatic N) is 2. The van der Waals surface area contributed by atoms with Gasteiger partial charge in [-0.3, -0.25) is 0 Å². The van der Waals surface area contributed by atoms with Crippen LogP contribution in [0.25, 0.3) is 21.6 Å². The summed E-state index contributed by atoms with van der Waals surface area (Å²) < 4.78 is 13.0. The van der Waals surface area contributed by atoms with Crippen LogP contribution in [0, 0.1) is 5.82 Å². The highest BCUT2D eigenvalue weighted by Crippen LogP contribution is 2.39. The minimum absolute atomic E-state index is 0.266. The lowest BCUT2D eigenvalue weighted by molar-refractivity contribution is 0.628. The van der Waals surface area contributed by atoms with Gasteiger partial charge in [-0.05, 0) is 55.5 Å². The SMILES string of the molecule is Fc1ccc(-c2nc(Cl)c3c4c(sc3n2)CCCC4)cc1. The predicted octanol–water partition coefficient (Wildman–Crippen LogP) is 5.03. The van der Waals surface area contributed by atoms with E-state index in [-0.39, 0.29) is 5.82 Å². The maximum Gasteiger partial charge on any atom is 0.162 e. The number of benzene rings is 1. The van der Waals surface area contributed by atoms with Gasteiger partial charge in [0.05, 0.1) is 5.39 Å². The largest absolute Gasteiger partial charge is 0.217 e. The molecule has 5 heteroatoms. The van der Waals surface area contributed by atoms with Gasteiger partial charge in [0, 0.05) is 10.4 Å². The highest BCUT2D eigenvalue weighted by molar-refractivity contribution is 7.19. The lowest BCUT2D eigenvalue weighted by Crippen LogP contribution is -1.98. The van der Waals surface area contributed by atoms with Gasteiger partial charge in [-0.15, -0.1) is 11.3 Å². The maximum atomic E-state index is 13.0. The normalized spacial score (nSPS) is 14.4. The van der Waals surface area contributed by atoms with E-state index < -0.39 is 0 Å². The van der Waals surface area contributed by atoms with Crippen molar-refractivity contribution in [3.05, 3.63) is 45.7 Å². The van der Waals surface area contributed by atoms with Crippen LogP contribution >= 0.6 is 22.9 Å². The molecule has 0 saturated carbocycles. The number of thiophene rings is 1. The molecule has 0 bridgehead atoms. The summed E-state index contributed by atoms with van der Waals surface area (Å²) in [5.74, 6) is 0.295. The summed E-state index contributed by atoms with van der Waals surface area (Å²) in [6.45, 7) is 0. The van der Waals surface area contributed by atoms with Crippen LogP contribution in [0.15, 0.2) is 24.3 Å². The van der Waals surface area contributed by atoms with Crippen molar-refractivity contribution in [2.75, 3.05) is 0 Å². The van der Waals surface area contributed by atoms with Gasteiger partial charge in [0.1, 0.15) is 15.8 Å². The molecule has 2 aromatic heterocycles. The third-order valence-electron chi connectivity index (χ3n) is 3.87. The minimum atomic E-state index is -0.266. The first kappa shape index (κ1) is 13.2. The average molecular weight is 319 g/mol. The van der Waals surface area contributed by atoms with Crippen LogP contribution in [0.2, 0.25) is 5.15 Å². The van der Waals surface area contributed by atoms with Crippen LogP contribution in [0.1, 0.15) is 23.3 Å². The molecule has 1 aliphatic carbocycles. The maximum absolute atomic E-state index is 13.0. The number of aromatic nitrogens is 2. The second-order valence-corrected chi connectivity index (χ2v) is 6.68. The summed E-state index contributed by atoms with van der Waals surface area (Å²) in [5.41, 5.74) is 2.11. The molecule has 0 aliphatic heterocycles. The number of halogens is 2. The van der Waals surface area contributed by atoms with E-state index in [1.54, 1.807) is 23.5 Å². The Hall–Kier alpha value is -1.52. The fraction of sp³-hybridized carbons (Fsp3) is 0.250. The first-order valence-electron chi connectivity index (χ1n) is 6.96. The lowest BCUT2D eigenvalue weighted by atomic mass is 9.97. The molecular weight excluding hydrogens is 307 g/mol. The van der Waals surface area contributed by atoms with Gasteiger partial charge in [0.15, 0.2) is 5.82 Å². The Morgan fingerprint density at radius 3 is 2.62 bits per heavy atom. The predicted molar refractivity (Wildman–Crippen MR) is 84.5 cm³/mol. The summed E-state index contributed by atoms with van der Waals surface area (Å²) in [4.78, 5) is 11.4. The summed E-state index contributed by atoms with van der Waals surface area (Å²) >= 11 is 8.12. The molecule has 3 aromatic rings. The Bertz CT molecular complexity index is 826. The summed E-state index contributed by atoms with van der Waals surface area (Å²) in [5, 5.41) is 1.53. The summed E-state index contributed by atoms with van der Waals surface area (Å²) in [7, 11) is 0. The van der Waals surface area contributed by atoms with Crippen LogP contribution in [0.3, 0.4) is 0 Å². The minimum Gasteiger partial charge on any atom is -0.217 e. The molecule has 0 spiro atoms. The van der Waals surface area contributed by atoms with E-state index in [2.05, 4.69) is 9.97 Å². The number of aryl methyl sites for hydroxylation is 2. The molecule has 2 heterocycles. The Labute approximate surface area is 130 Å². The number of hydrogen-bond donors (Lipinski definition) is 0. The van der Waals surface area contributed by atoms with Crippen molar-refractivity contribution in [2.24, 2.45) is 0 Å². The molecule has 1 aliphatic rings. The van der Waals surface area contributed by atoms with Crippen molar-refractivity contribution >= 4 is 33.2 Å². The van der Waals surface area contributed by atoms with E-state index in [1.165, 1.54) is 35.4 Å². The molecular formula is C16H12ClFN2S. The molecule has 0 saturated heterocycles. The van der Waals surface area contributed by atoms with Gasteiger partial charge in [-0.2, -0.15) is 0 Å². The Morgan fingerprint density at radius 1 is 1.05 bits per heavy atom. The highest BCUT2D eigenvalue weighted by Gasteiger charge is 2.20. The molecule has 0 fully saturated rings. The molecule has 4 rings (SSSR count). The number of rotatable bonds is 1. The standard InChI is InChI=1S/C16H12ClFN2S/c17-14-13-11-3-1-2-4-12(11)21-16(13)20-15(19-14)9-5-7-10(18)8-6-9/h5-8H,1-4H2. The van der Waals surface area contributed by atoms with Crippen molar-refractivity contribution < 1.29 is 4.39 Å². The van der Waals surface area contributed by atoms with Crippen LogP contribution in [0.4, 0.5) is 4.39 Å². The first-order valence-corrected chi connectivity index (χ1v) is 8.15. The molecule has 1 aromatic carbocycles. The van der Waals surface area contributed by atoms with Crippen molar-refractivity contribution in [2.45, 2.75) is 25.7 Å². The third-order valence-corrected chi connectivity index (χ3v) is 5.33. The monoisotopic (exact) mass is 318 g/mol. The van der Waals surface area contributed by atoms with E-state index in [4.69, 9.17) is 11.6 Å². The summed E-state index contributed by atoms with van der Waals surface area (Å²) in [6.07, 6.45) is 4.61. The summed E-state index contributed by atoms with van der Waals surface area (Å²) in [6, 6.07) is 6.19. The zero-order valence-corrected chi connectivity index (χ0v) is 12.8. The van der Waals surface area contributed by atoms with Crippen LogP contribution in [0.5, 0.6) is 0 Å². The lowest BCUT2D eigenvalue weighted by Gasteiger charge is -2.10. The van der Waals surface area contributed by atoms with Gasteiger partial charge < -0.3 is 0 Å². The van der Waals surface area contributed by atoms with E-state index >= 15 is 0 Å². The zero-order valence-electron chi connectivity index (χ0n) is 11.2. The van der Waals surface area contributed by atoms with Gasteiger partial charge in [-0.1, -0.05) is 11.6 Å². The Balaban J connectivity index is 1.91. The van der Waals surface area contributed by atoms with Crippen molar-refractivity contribution in [3.8, 4) is 11.4 Å². The van der Waals surface area contributed by atoms with Crippen LogP contribution in [-0.2, 0) is 12.8 Å². The molecule has 0 N–H and O–H groups in total. The third kappa shape index (κ3) is 2.23. The molecule has 2 nitrogen and oxygen atoms in total. The van der Waals surface area contributed by atoms with Gasteiger partial charge in [0.25, 0.3) is 0 Å². The topological polar surface area (TPSA) is 25.8 Å². The number of fused-ring (bicyclic) bond motifs is 3. The second-order valence-electron chi connectivity index (χ2n) is 5.24. The van der Waals surface area contributed by atoms with Gasteiger partial charge in [-0.25, -0.2) is 14.4 Å². The molecule has 0 amide bonds. The van der Waals surface area contributed by atoms with E-state index in [1.807, 2.05) is 0 Å².